The van der Waals surface area contributed by atoms with E-state index in [1.165, 1.54) is 29.1 Å². The lowest BCUT2D eigenvalue weighted by Gasteiger charge is -2.12. The van der Waals surface area contributed by atoms with Crippen molar-refractivity contribution in [1.29, 1.82) is 0 Å². The van der Waals surface area contributed by atoms with E-state index in [9.17, 15) is 13.6 Å². The molecule has 3 rings (SSSR count). The standard InChI is InChI=1S/C16H10ClF2N3O3/c17-14-2-10(16(23)24)7-22(14)15-13(3-12(19)6-21-15)25-8-9-1-11(18)5-20-4-9/h1-7H,8H2,(H,23,24). The molecule has 9 heteroatoms. The molecule has 0 aliphatic carbocycles. The maximum Gasteiger partial charge on any atom is 0.337 e. The fraction of sp³-hybridized carbons (Fsp3) is 0.0625. The Kier molecular flexibility index (Phi) is 4.62. The third-order valence-electron chi connectivity index (χ3n) is 3.20. The number of carboxylic acids is 1. The summed E-state index contributed by atoms with van der Waals surface area (Å²) in [4.78, 5) is 18.7. The lowest BCUT2D eigenvalue weighted by molar-refractivity contribution is 0.0697. The number of hydrogen-bond acceptors (Lipinski definition) is 4. The van der Waals surface area contributed by atoms with E-state index in [2.05, 4.69) is 9.97 Å². The summed E-state index contributed by atoms with van der Waals surface area (Å²) in [7, 11) is 0. The summed E-state index contributed by atoms with van der Waals surface area (Å²) in [6, 6.07) is 3.53. The largest absolute Gasteiger partial charge is 0.485 e. The van der Waals surface area contributed by atoms with Crippen LogP contribution in [-0.2, 0) is 6.61 Å². The van der Waals surface area contributed by atoms with Crippen molar-refractivity contribution in [3.05, 3.63) is 70.9 Å². The first-order chi connectivity index (χ1) is 11.9. The molecular weight excluding hydrogens is 356 g/mol. The van der Waals surface area contributed by atoms with Crippen molar-refractivity contribution in [2.24, 2.45) is 0 Å². The van der Waals surface area contributed by atoms with E-state index in [4.69, 9.17) is 21.4 Å². The van der Waals surface area contributed by atoms with Crippen LogP contribution in [-0.4, -0.2) is 25.6 Å². The fourth-order valence-corrected chi connectivity index (χ4v) is 2.36. The molecule has 0 bridgehead atoms. The van der Waals surface area contributed by atoms with Gasteiger partial charge in [-0.25, -0.2) is 18.6 Å². The van der Waals surface area contributed by atoms with Gasteiger partial charge in [0.2, 0.25) is 0 Å². The Hall–Kier alpha value is -3.00. The topological polar surface area (TPSA) is 77.2 Å². The van der Waals surface area contributed by atoms with E-state index in [0.717, 1.165) is 18.5 Å². The van der Waals surface area contributed by atoms with Gasteiger partial charge in [0.25, 0.3) is 0 Å². The number of ether oxygens (including phenoxy) is 1. The van der Waals surface area contributed by atoms with E-state index in [-0.39, 0.29) is 28.9 Å². The van der Waals surface area contributed by atoms with Gasteiger partial charge in [0.15, 0.2) is 11.6 Å². The smallest absolute Gasteiger partial charge is 0.337 e. The van der Waals surface area contributed by atoms with Crippen molar-refractivity contribution in [3.8, 4) is 11.6 Å². The highest BCUT2D eigenvalue weighted by Crippen LogP contribution is 2.27. The zero-order valence-electron chi connectivity index (χ0n) is 12.5. The van der Waals surface area contributed by atoms with Gasteiger partial charge in [-0.05, 0) is 12.1 Å². The van der Waals surface area contributed by atoms with Crippen molar-refractivity contribution in [2.75, 3.05) is 0 Å². The van der Waals surface area contributed by atoms with Crippen molar-refractivity contribution < 1.29 is 23.4 Å². The summed E-state index contributed by atoms with van der Waals surface area (Å²) in [6.45, 7) is -0.0897. The molecule has 1 N–H and O–H groups in total. The Balaban J connectivity index is 1.94. The highest BCUT2D eigenvalue weighted by atomic mass is 35.5. The number of halogens is 3. The molecule has 0 aromatic carbocycles. The minimum absolute atomic E-state index is 0.0127. The first kappa shape index (κ1) is 16.8. The second kappa shape index (κ2) is 6.86. The molecule has 0 aliphatic rings. The monoisotopic (exact) mass is 365 g/mol. The van der Waals surface area contributed by atoms with Gasteiger partial charge in [0, 0.05) is 24.0 Å². The maximum absolute atomic E-state index is 13.5. The van der Waals surface area contributed by atoms with Gasteiger partial charge in [0.05, 0.1) is 18.0 Å². The molecule has 0 spiro atoms. The average Bonchev–Trinajstić information content (AvgIpc) is 2.95. The molecule has 3 heterocycles. The van der Waals surface area contributed by atoms with E-state index in [1.54, 1.807) is 0 Å². The number of hydrogen-bond donors (Lipinski definition) is 1. The first-order valence-corrected chi connectivity index (χ1v) is 7.31. The number of pyridine rings is 2. The molecule has 0 unspecified atom stereocenters. The molecule has 0 aliphatic heterocycles. The second-order valence-electron chi connectivity index (χ2n) is 5.00. The van der Waals surface area contributed by atoms with Crippen LogP contribution in [0.5, 0.6) is 5.75 Å². The summed E-state index contributed by atoms with van der Waals surface area (Å²) < 4.78 is 33.5. The molecule has 0 radical (unpaired) electrons. The Bertz CT molecular complexity index is 946. The van der Waals surface area contributed by atoms with Crippen molar-refractivity contribution >= 4 is 17.6 Å². The lowest BCUT2D eigenvalue weighted by Crippen LogP contribution is -2.04. The van der Waals surface area contributed by atoms with Crippen LogP contribution < -0.4 is 4.74 Å². The minimum atomic E-state index is -1.17. The summed E-state index contributed by atoms with van der Waals surface area (Å²) in [5, 5.41) is 9.10. The van der Waals surface area contributed by atoms with Crippen LogP contribution >= 0.6 is 11.6 Å². The van der Waals surface area contributed by atoms with Crippen LogP contribution in [0.15, 0.2) is 43.0 Å². The second-order valence-corrected chi connectivity index (χ2v) is 5.39. The summed E-state index contributed by atoms with van der Waals surface area (Å²) >= 11 is 6.02. The molecule has 25 heavy (non-hydrogen) atoms. The SMILES string of the molecule is O=C(O)c1cc(Cl)n(-c2ncc(F)cc2OCc2cncc(F)c2)c1. The van der Waals surface area contributed by atoms with Gasteiger partial charge in [-0.1, -0.05) is 11.6 Å². The summed E-state index contributed by atoms with van der Waals surface area (Å²) in [6.07, 6.45) is 4.64. The van der Waals surface area contributed by atoms with E-state index >= 15 is 0 Å². The van der Waals surface area contributed by atoms with Gasteiger partial charge >= 0.3 is 5.97 Å². The van der Waals surface area contributed by atoms with E-state index < -0.39 is 17.6 Å². The fourth-order valence-electron chi connectivity index (χ4n) is 2.11. The molecule has 3 aromatic rings. The molecule has 128 valence electrons. The van der Waals surface area contributed by atoms with Crippen LogP contribution in [0.2, 0.25) is 5.15 Å². The van der Waals surface area contributed by atoms with Crippen LogP contribution in [0, 0.1) is 11.6 Å². The van der Waals surface area contributed by atoms with Gasteiger partial charge in [0.1, 0.15) is 23.4 Å². The number of aromatic nitrogens is 3. The number of rotatable bonds is 5. The molecule has 6 nitrogen and oxygen atoms in total. The molecule has 0 atom stereocenters. The van der Waals surface area contributed by atoms with Crippen molar-refractivity contribution in [2.45, 2.75) is 6.61 Å². The summed E-state index contributed by atoms with van der Waals surface area (Å²) in [5.74, 6) is -2.24. The van der Waals surface area contributed by atoms with Crippen molar-refractivity contribution in [3.63, 3.8) is 0 Å². The highest BCUT2D eigenvalue weighted by molar-refractivity contribution is 6.30. The highest BCUT2D eigenvalue weighted by Gasteiger charge is 2.16. The van der Waals surface area contributed by atoms with Crippen LogP contribution in [0.25, 0.3) is 5.82 Å². The minimum Gasteiger partial charge on any atom is -0.485 e. The quantitative estimate of drug-likeness (QED) is 0.749. The zero-order valence-corrected chi connectivity index (χ0v) is 13.2. The molecule has 0 saturated carbocycles. The molecule has 3 aromatic heterocycles. The first-order valence-electron chi connectivity index (χ1n) is 6.93. The number of aromatic carboxylic acids is 1. The Morgan fingerprint density at radius 3 is 2.64 bits per heavy atom. The molecular formula is C16H10ClF2N3O3. The Morgan fingerprint density at radius 2 is 1.96 bits per heavy atom. The van der Waals surface area contributed by atoms with E-state index in [0.29, 0.717) is 5.56 Å². The summed E-state index contributed by atoms with van der Waals surface area (Å²) in [5.41, 5.74) is 0.372. The number of carboxylic acid groups (broad SMARTS) is 1. The number of nitrogens with zero attached hydrogens (tertiary/aromatic N) is 3. The Morgan fingerprint density at radius 1 is 1.20 bits per heavy atom. The third-order valence-corrected chi connectivity index (χ3v) is 3.49. The van der Waals surface area contributed by atoms with Gasteiger partial charge in [-0.15, -0.1) is 0 Å². The van der Waals surface area contributed by atoms with Crippen LogP contribution in [0.3, 0.4) is 0 Å². The molecule has 0 fully saturated rings. The van der Waals surface area contributed by atoms with Gasteiger partial charge in [-0.3, -0.25) is 9.55 Å². The Labute approximate surface area is 145 Å². The van der Waals surface area contributed by atoms with Crippen molar-refractivity contribution in [1.82, 2.24) is 14.5 Å². The lowest BCUT2D eigenvalue weighted by atomic mass is 10.3. The van der Waals surface area contributed by atoms with Crippen LogP contribution in [0.4, 0.5) is 8.78 Å². The maximum atomic E-state index is 13.5. The average molecular weight is 366 g/mol. The van der Waals surface area contributed by atoms with Crippen LogP contribution in [0.1, 0.15) is 15.9 Å². The molecule has 0 amide bonds. The normalized spacial score (nSPS) is 10.7. The van der Waals surface area contributed by atoms with Gasteiger partial charge < -0.3 is 9.84 Å². The van der Waals surface area contributed by atoms with E-state index in [1.807, 2.05) is 0 Å². The predicted octanol–water partition coefficient (Wildman–Crippen LogP) is 3.48. The zero-order chi connectivity index (χ0) is 18.0. The van der Waals surface area contributed by atoms with Gasteiger partial charge in [-0.2, -0.15) is 0 Å². The third kappa shape index (κ3) is 3.74. The molecule has 0 saturated heterocycles. The number of carbonyl (C=O) groups is 1. The predicted molar refractivity (Wildman–Crippen MR) is 84.0 cm³/mol.